The van der Waals surface area contributed by atoms with E-state index in [1.807, 2.05) is 22.6 Å². The van der Waals surface area contributed by atoms with Gasteiger partial charge in [-0.25, -0.2) is 9.97 Å². The summed E-state index contributed by atoms with van der Waals surface area (Å²) in [6, 6.07) is 2.15. The van der Waals surface area contributed by atoms with Crippen LogP contribution in [-0.4, -0.2) is 16.0 Å². The van der Waals surface area contributed by atoms with Crippen LogP contribution in [0.4, 0.5) is 11.6 Å². The minimum Gasteiger partial charge on any atom is -0.384 e. The lowest BCUT2D eigenvalue weighted by Crippen LogP contribution is -2.15. The van der Waals surface area contributed by atoms with E-state index in [1.165, 1.54) is 0 Å². The lowest BCUT2D eigenvalue weighted by molar-refractivity contribution is 0.757. The molecular formula is C8H13IN4. The smallest absolute Gasteiger partial charge is 0.194 e. The van der Waals surface area contributed by atoms with Crippen molar-refractivity contribution < 1.29 is 0 Å². The molecule has 0 aliphatic carbocycles. The van der Waals surface area contributed by atoms with Gasteiger partial charge in [-0.15, -0.1) is 0 Å². The van der Waals surface area contributed by atoms with Gasteiger partial charge in [0.05, 0.1) is 0 Å². The number of nitrogen functional groups attached to an aromatic ring is 1. The number of aromatic nitrogens is 2. The highest BCUT2D eigenvalue weighted by Crippen LogP contribution is 2.11. The van der Waals surface area contributed by atoms with Crippen LogP contribution >= 0.6 is 22.6 Å². The number of hydrogen-bond acceptors (Lipinski definition) is 4. The summed E-state index contributed by atoms with van der Waals surface area (Å²) in [7, 11) is 0. The predicted molar refractivity (Wildman–Crippen MR) is 62.5 cm³/mol. The lowest BCUT2D eigenvalue weighted by Gasteiger charge is -2.11. The van der Waals surface area contributed by atoms with Crippen molar-refractivity contribution in [1.82, 2.24) is 9.97 Å². The number of nitrogens with one attached hydrogen (secondary N) is 1. The first kappa shape index (κ1) is 10.5. The molecule has 1 aromatic heterocycles. The van der Waals surface area contributed by atoms with Crippen molar-refractivity contribution in [2.45, 2.75) is 26.3 Å². The molecule has 4 nitrogen and oxygen atoms in total. The van der Waals surface area contributed by atoms with E-state index in [2.05, 4.69) is 29.1 Å². The van der Waals surface area contributed by atoms with Crippen LogP contribution < -0.4 is 11.1 Å². The first-order valence-corrected chi connectivity index (χ1v) is 5.26. The van der Waals surface area contributed by atoms with Gasteiger partial charge in [0.2, 0.25) is 0 Å². The third-order valence-corrected chi connectivity index (χ3v) is 2.21. The van der Waals surface area contributed by atoms with E-state index < -0.39 is 0 Å². The van der Waals surface area contributed by atoms with Gasteiger partial charge in [-0.1, -0.05) is 6.92 Å². The number of anilines is 2. The third kappa shape index (κ3) is 3.33. The first-order valence-electron chi connectivity index (χ1n) is 4.18. The Morgan fingerprint density at radius 2 is 2.31 bits per heavy atom. The minimum atomic E-state index is 0.407. The molecule has 1 rings (SSSR count). The number of nitrogens with zero attached hydrogens (tertiary/aromatic N) is 2. The van der Waals surface area contributed by atoms with Crippen molar-refractivity contribution in [3.8, 4) is 0 Å². The molecule has 1 unspecified atom stereocenters. The molecule has 5 heteroatoms. The Morgan fingerprint density at radius 3 is 2.85 bits per heavy atom. The Bertz CT molecular complexity index is 269. The summed E-state index contributed by atoms with van der Waals surface area (Å²) in [5.41, 5.74) is 5.58. The maximum Gasteiger partial charge on any atom is 0.194 e. The van der Waals surface area contributed by atoms with Gasteiger partial charge in [-0.3, -0.25) is 0 Å². The summed E-state index contributed by atoms with van der Waals surface area (Å²) in [5, 5.41) is 3.24. The molecule has 0 amide bonds. The van der Waals surface area contributed by atoms with Gasteiger partial charge >= 0.3 is 0 Å². The summed E-state index contributed by atoms with van der Waals surface area (Å²) in [4.78, 5) is 8.19. The summed E-state index contributed by atoms with van der Waals surface area (Å²) in [6.45, 7) is 4.22. The molecule has 1 aromatic rings. The van der Waals surface area contributed by atoms with Crippen LogP contribution in [0.1, 0.15) is 20.3 Å². The largest absolute Gasteiger partial charge is 0.384 e. The topological polar surface area (TPSA) is 63.8 Å². The highest BCUT2D eigenvalue weighted by molar-refractivity contribution is 14.1. The normalized spacial score (nSPS) is 12.5. The maximum absolute atomic E-state index is 5.58. The highest BCUT2D eigenvalue weighted by Gasteiger charge is 2.02. The molecule has 0 aliphatic rings. The summed E-state index contributed by atoms with van der Waals surface area (Å²) in [5.74, 6) is 1.30. The van der Waals surface area contributed by atoms with Gasteiger partial charge in [0.1, 0.15) is 11.6 Å². The molecule has 1 atom stereocenters. The van der Waals surface area contributed by atoms with Crippen molar-refractivity contribution in [2.24, 2.45) is 0 Å². The fraction of sp³-hybridized carbons (Fsp3) is 0.500. The van der Waals surface area contributed by atoms with E-state index in [0.29, 0.717) is 15.7 Å². The van der Waals surface area contributed by atoms with Crippen molar-refractivity contribution in [3.05, 3.63) is 9.90 Å². The second-order valence-corrected chi connectivity index (χ2v) is 3.87. The molecule has 0 aliphatic heterocycles. The monoisotopic (exact) mass is 292 g/mol. The predicted octanol–water partition coefficient (Wildman–Crippen LogP) is 1.87. The van der Waals surface area contributed by atoms with E-state index in [0.717, 1.165) is 12.2 Å². The molecule has 1 heterocycles. The van der Waals surface area contributed by atoms with Crippen LogP contribution in [0.2, 0.25) is 0 Å². The van der Waals surface area contributed by atoms with Crippen molar-refractivity contribution in [1.29, 1.82) is 0 Å². The van der Waals surface area contributed by atoms with Gasteiger partial charge in [-0.05, 0) is 13.3 Å². The van der Waals surface area contributed by atoms with Crippen LogP contribution in [0.15, 0.2) is 6.07 Å². The average Bonchev–Trinajstić information content (AvgIpc) is 2.02. The lowest BCUT2D eigenvalue weighted by atomic mass is 10.2. The van der Waals surface area contributed by atoms with Gasteiger partial charge in [0, 0.05) is 34.7 Å². The molecule has 13 heavy (non-hydrogen) atoms. The molecule has 0 saturated heterocycles. The molecule has 3 N–H and O–H groups in total. The van der Waals surface area contributed by atoms with Crippen LogP contribution in [0.25, 0.3) is 0 Å². The zero-order valence-electron chi connectivity index (χ0n) is 7.71. The molecule has 0 radical (unpaired) electrons. The second kappa shape index (κ2) is 4.59. The Kier molecular flexibility index (Phi) is 3.71. The van der Waals surface area contributed by atoms with E-state index in [4.69, 9.17) is 5.73 Å². The van der Waals surface area contributed by atoms with Gasteiger partial charge in [0.15, 0.2) is 3.83 Å². The Labute approximate surface area is 91.5 Å². The van der Waals surface area contributed by atoms with E-state index in [-0.39, 0.29) is 0 Å². The summed E-state index contributed by atoms with van der Waals surface area (Å²) in [6.07, 6.45) is 1.06. The van der Waals surface area contributed by atoms with E-state index >= 15 is 0 Å². The van der Waals surface area contributed by atoms with Crippen LogP contribution in [-0.2, 0) is 0 Å². The summed E-state index contributed by atoms with van der Waals surface area (Å²) < 4.78 is 0.670. The van der Waals surface area contributed by atoms with E-state index in [1.54, 1.807) is 6.07 Å². The second-order valence-electron chi connectivity index (χ2n) is 2.90. The number of rotatable bonds is 3. The highest BCUT2D eigenvalue weighted by atomic mass is 127. The quantitative estimate of drug-likeness (QED) is 0.659. The Balaban J connectivity index is 2.77. The molecule has 0 aromatic carbocycles. The molecule has 0 bridgehead atoms. The molecule has 0 saturated carbocycles. The number of hydrogen-bond donors (Lipinski definition) is 2. The Hall–Kier alpha value is -0.590. The molecule has 0 spiro atoms. The fourth-order valence-corrected chi connectivity index (χ4v) is 1.40. The zero-order valence-corrected chi connectivity index (χ0v) is 9.87. The molecular weight excluding hydrogens is 279 g/mol. The Morgan fingerprint density at radius 1 is 1.62 bits per heavy atom. The summed E-state index contributed by atoms with van der Waals surface area (Å²) >= 11 is 2.05. The van der Waals surface area contributed by atoms with Crippen molar-refractivity contribution in [3.63, 3.8) is 0 Å². The SMILES string of the molecule is CCC(C)Nc1cc(N)nc(I)n1. The van der Waals surface area contributed by atoms with Gasteiger partial charge < -0.3 is 11.1 Å². The maximum atomic E-state index is 5.58. The van der Waals surface area contributed by atoms with Gasteiger partial charge in [-0.2, -0.15) is 0 Å². The molecule has 72 valence electrons. The zero-order chi connectivity index (χ0) is 9.84. The standard InChI is InChI=1S/C8H13IN4/c1-3-5(2)11-7-4-6(10)12-8(9)13-7/h4-5H,3H2,1-2H3,(H3,10,11,12,13). The van der Waals surface area contributed by atoms with Crippen LogP contribution in [0.5, 0.6) is 0 Å². The molecule has 0 fully saturated rings. The first-order chi connectivity index (χ1) is 6.11. The number of nitrogens with two attached hydrogens (primary N) is 1. The third-order valence-electron chi connectivity index (χ3n) is 1.73. The average molecular weight is 292 g/mol. The fourth-order valence-electron chi connectivity index (χ4n) is 0.864. The van der Waals surface area contributed by atoms with Crippen molar-refractivity contribution >= 4 is 34.2 Å². The van der Waals surface area contributed by atoms with Gasteiger partial charge in [0.25, 0.3) is 0 Å². The van der Waals surface area contributed by atoms with E-state index in [9.17, 15) is 0 Å². The van der Waals surface area contributed by atoms with Crippen molar-refractivity contribution in [2.75, 3.05) is 11.1 Å². The minimum absolute atomic E-state index is 0.407. The van der Waals surface area contributed by atoms with Crippen LogP contribution in [0.3, 0.4) is 0 Å². The number of halogens is 1. The van der Waals surface area contributed by atoms with Crippen LogP contribution in [0, 0.1) is 3.83 Å².